The van der Waals surface area contributed by atoms with Crippen molar-refractivity contribution < 1.29 is 14.7 Å². The molecular weight excluding hydrogens is 341 g/mol. The molecule has 2 aromatic carbocycles. The van der Waals surface area contributed by atoms with Gasteiger partial charge in [0.2, 0.25) is 0 Å². The predicted molar refractivity (Wildman–Crippen MR) is 88.9 cm³/mol. The van der Waals surface area contributed by atoms with Crippen molar-refractivity contribution in [1.29, 1.82) is 0 Å². The summed E-state index contributed by atoms with van der Waals surface area (Å²) in [6, 6.07) is 10.8. The molecule has 0 fully saturated rings. The van der Waals surface area contributed by atoms with E-state index < -0.39 is 11.8 Å². The first-order chi connectivity index (χ1) is 11.0. The second-order valence-electron chi connectivity index (χ2n) is 4.37. The summed E-state index contributed by atoms with van der Waals surface area (Å²) in [5.74, 6) is -1.91. The van der Waals surface area contributed by atoms with Gasteiger partial charge in [-0.05, 0) is 30.3 Å². The maximum atomic E-state index is 11.7. The van der Waals surface area contributed by atoms with E-state index in [1.54, 1.807) is 18.2 Å². The van der Waals surface area contributed by atoms with E-state index >= 15 is 0 Å². The molecule has 0 radical (unpaired) electrons. The fraction of sp³-hybridized carbons (Fsp3) is 0. The smallest absolute Gasteiger partial charge is 0.329 e. The summed E-state index contributed by atoms with van der Waals surface area (Å²) >= 11 is 11.6. The number of nitrogens with one attached hydrogen (secondary N) is 2. The first kappa shape index (κ1) is 16.8. The van der Waals surface area contributed by atoms with Crippen molar-refractivity contribution in [3.63, 3.8) is 0 Å². The van der Waals surface area contributed by atoms with E-state index in [1.807, 2.05) is 5.43 Å². The Morgan fingerprint density at radius 3 is 2.35 bits per heavy atom. The van der Waals surface area contributed by atoms with Crippen LogP contribution in [-0.4, -0.2) is 23.1 Å². The Hall–Kier alpha value is -2.57. The fourth-order valence-electron chi connectivity index (χ4n) is 1.62. The lowest BCUT2D eigenvalue weighted by atomic mass is 10.2. The number of carbonyl (C=O) groups is 2. The molecular formula is C15H11Cl2N3O3. The third-order valence-electron chi connectivity index (χ3n) is 2.63. The second kappa shape index (κ2) is 7.62. The molecule has 0 aromatic heterocycles. The van der Waals surface area contributed by atoms with Crippen LogP contribution < -0.4 is 10.7 Å². The number of amides is 2. The Morgan fingerprint density at radius 2 is 1.70 bits per heavy atom. The molecule has 0 aliphatic heterocycles. The molecule has 0 saturated carbocycles. The normalized spacial score (nSPS) is 10.5. The number of nitrogens with zero attached hydrogens (tertiary/aromatic N) is 1. The van der Waals surface area contributed by atoms with E-state index in [4.69, 9.17) is 23.2 Å². The van der Waals surface area contributed by atoms with Crippen molar-refractivity contribution >= 4 is 46.9 Å². The van der Waals surface area contributed by atoms with E-state index in [1.165, 1.54) is 30.5 Å². The highest BCUT2D eigenvalue weighted by atomic mass is 35.5. The molecule has 3 N–H and O–H groups in total. The lowest BCUT2D eigenvalue weighted by Crippen LogP contribution is -2.32. The Kier molecular flexibility index (Phi) is 5.56. The van der Waals surface area contributed by atoms with Crippen LogP contribution in [0.4, 0.5) is 5.69 Å². The van der Waals surface area contributed by atoms with Gasteiger partial charge in [-0.2, -0.15) is 5.10 Å². The quantitative estimate of drug-likeness (QED) is 0.451. The van der Waals surface area contributed by atoms with Gasteiger partial charge in [-0.3, -0.25) is 9.59 Å². The third-order valence-corrected chi connectivity index (χ3v) is 3.07. The first-order valence-electron chi connectivity index (χ1n) is 6.34. The zero-order valence-electron chi connectivity index (χ0n) is 11.6. The molecule has 0 bridgehead atoms. The summed E-state index contributed by atoms with van der Waals surface area (Å²) in [4.78, 5) is 23.3. The zero-order chi connectivity index (χ0) is 16.8. The van der Waals surface area contributed by atoms with Gasteiger partial charge in [-0.15, -0.1) is 0 Å². The van der Waals surface area contributed by atoms with Crippen molar-refractivity contribution in [2.24, 2.45) is 5.10 Å². The number of benzene rings is 2. The van der Waals surface area contributed by atoms with Crippen LogP contribution in [0.1, 0.15) is 5.56 Å². The monoisotopic (exact) mass is 351 g/mol. The summed E-state index contributed by atoms with van der Waals surface area (Å²) in [6.45, 7) is 0. The summed E-state index contributed by atoms with van der Waals surface area (Å²) < 4.78 is 0. The number of rotatable bonds is 3. The molecule has 2 aromatic rings. The minimum absolute atomic E-state index is 0.00326. The van der Waals surface area contributed by atoms with Gasteiger partial charge in [0.15, 0.2) is 0 Å². The molecule has 0 atom stereocenters. The van der Waals surface area contributed by atoms with Crippen molar-refractivity contribution in [2.75, 3.05) is 5.32 Å². The van der Waals surface area contributed by atoms with Crippen LogP contribution in [0.3, 0.4) is 0 Å². The third kappa shape index (κ3) is 4.98. The fourth-order valence-corrected chi connectivity index (χ4v) is 2.15. The maximum absolute atomic E-state index is 11.7. The molecule has 0 heterocycles. The minimum atomic E-state index is -0.979. The van der Waals surface area contributed by atoms with E-state index in [0.29, 0.717) is 15.6 Å². The molecule has 2 amide bonds. The Bertz CT molecular complexity index is 758. The first-order valence-corrected chi connectivity index (χ1v) is 7.10. The molecule has 23 heavy (non-hydrogen) atoms. The van der Waals surface area contributed by atoms with Gasteiger partial charge in [-0.1, -0.05) is 35.3 Å². The Labute approximate surface area is 141 Å². The number of anilines is 1. The summed E-state index contributed by atoms with van der Waals surface area (Å²) in [6.07, 6.45) is 1.22. The molecule has 8 heteroatoms. The summed E-state index contributed by atoms with van der Waals surface area (Å²) in [5.41, 5.74) is 2.73. The van der Waals surface area contributed by atoms with Gasteiger partial charge >= 0.3 is 11.8 Å². The van der Waals surface area contributed by atoms with Crippen LogP contribution in [0.2, 0.25) is 10.0 Å². The number of phenolic OH excluding ortho intramolecular Hbond substituents is 1. The molecule has 118 valence electrons. The van der Waals surface area contributed by atoms with Crippen molar-refractivity contribution in [1.82, 2.24) is 5.43 Å². The predicted octanol–water partition coefficient (Wildman–Crippen LogP) is 2.79. The van der Waals surface area contributed by atoms with E-state index in [0.717, 1.165) is 0 Å². The highest BCUT2D eigenvalue weighted by molar-refractivity contribution is 6.40. The number of hydrogen-bond acceptors (Lipinski definition) is 4. The van der Waals surface area contributed by atoms with Crippen LogP contribution >= 0.6 is 23.2 Å². The standard InChI is InChI=1S/C15H11Cl2N3O3/c16-10-5-11(17)7-12(6-10)19-14(22)15(23)20-18-8-9-3-1-2-4-13(9)21/h1-8,21H,(H,19,22)(H,20,23)/b18-8-. The number of para-hydroxylation sites is 1. The molecule has 0 aliphatic rings. The van der Waals surface area contributed by atoms with Crippen LogP contribution in [0.25, 0.3) is 0 Å². The molecule has 0 saturated heterocycles. The molecule has 6 nitrogen and oxygen atoms in total. The van der Waals surface area contributed by atoms with Crippen LogP contribution in [-0.2, 0) is 9.59 Å². The molecule has 2 rings (SSSR count). The Balaban J connectivity index is 1.95. The summed E-state index contributed by atoms with van der Waals surface area (Å²) in [5, 5.41) is 16.1. The van der Waals surface area contributed by atoms with Gasteiger partial charge < -0.3 is 10.4 Å². The second-order valence-corrected chi connectivity index (χ2v) is 5.24. The van der Waals surface area contributed by atoms with E-state index in [-0.39, 0.29) is 11.4 Å². The van der Waals surface area contributed by atoms with Gasteiger partial charge in [0.1, 0.15) is 5.75 Å². The number of aromatic hydroxyl groups is 1. The van der Waals surface area contributed by atoms with Gasteiger partial charge in [-0.25, -0.2) is 5.43 Å². The Morgan fingerprint density at radius 1 is 1.04 bits per heavy atom. The summed E-state index contributed by atoms with van der Waals surface area (Å²) in [7, 11) is 0. The lowest BCUT2D eigenvalue weighted by Gasteiger charge is -2.05. The van der Waals surface area contributed by atoms with Gasteiger partial charge in [0.25, 0.3) is 0 Å². The number of halogens is 2. The molecule has 0 aliphatic carbocycles. The minimum Gasteiger partial charge on any atom is -0.507 e. The van der Waals surface area contributed by atoms with Crippen LogP contribution in [0, 0.1) is 0 Å². The van der Waals surface area contributed by atoms with E-state index in [9.17, 15) is 14.7 Å². The van der Waals surface area contributed by atoms with Crippen molar-refractivity contribution in [2.45, 2.75) is 0 Å². The number of phenols is 1. The van der Waals surface area contributed by atoms with E-state index in [2.05, 4.69) is 10.4 Å². The zero-order valence-corrected chi connectivity index (χ0v) is 13.1. The largest absolute Gasteiger partial charge is 0.507 e. The lowest BCUT2D eigenvalue weighted by molar-refractivity contribution is -0.136. The maximum Gasteiger partial charge on any atom is 0.329 e. The van der Waals surface area contributed by atoms with Gasteiger partial charge in [0.05, 0.1) is 6.21 Å². The van der Waals surface area contributed by atoms with Crippen molar-refractivity contribution in [3.8, 4) is 5.75 Å². The van der Waals surface area contributed by atoms with Crippen molar-refractivity contribution in [3.05, 3.63) is 58.1 Å². The van der Waals surface area contributed by atoms with Crippen LogP contribution in [0.15, 0.2) is 47.6 Å². The number of carbonyl (C=O) groups excluding carboxylic acids is 2. The highest BCUT2D eigenvalue weighted by Gasteiger charge is 2.13. The van der Waals surface area contributed by atoms with Gasteiger partial charge in [0, 0.05) is 21.3 Å². The molecule has 0 unspecified atom stereocenters. The number of hydrogen-bond donors (Lipinski definition) is 3. The van der Waals surface area contributed by atoms with Crippen LogP contribution in [0.5, 0.6) is 5.75 Å². The molecule has 0 spiro atoms. The topological polar surface area (TPSA) is 90.8 Å². The highest BCUT2D eigenvalue weighted by Crippen LogP contribution is 2.22. The number of hydrazone groups is 1. The average Bonchev–Trinajstić information content (AvgIpc) is 2.48. The SMILES string of the molecule is O=C(N/N=C\c1ccccc1O)C(=O)Nc1cc(Cl)cc(Cl)c1. The average molecular weight is 352 g/mol.